The number of nitrogens with zero attached hydrogens (tertiary/aromatic N) is 1. The molecule has 0 saturated carbocycles. The van der Waals surface area contributed by atoms with Crippen LogP contribution in [0.4, 0.5) is 0 Å². The molecule has 0 radical (unpaired) electrons. The van der Waals surface area contributed by atoms with Gasteiger partial charge in [-0.2, -0.15) is 0 Å². The van der Waals surface area contributed by atoms with Crippen LogP contribution >= 0.6 is 0 Å². The first-order valence-corrected chi connectivity index (χ1v) is 8.09. The fraction of sp³-hybridized carbons (Fsp3) is 0.421. The van der Waals surface area contributed by atoms with Crippen LogP contribution in [0.1, 0.15) is 37.3 Å². The molecule has 1 saturated heterocycles. The van der Waals surface area contributed by atoms with E-state index in [2.05, 4.69) is 18.2 Å². The van der Waals surface area contributed by atoms with Crippen molar-refractivity contribution < 1.29 is 9.21 Å². The number of piperidine rings is 1. The summed E-state index contributed by atoms with van der Waals surface area (Å²) in [4.78, 5) is 13.5. The summed E-state index contributed by atoms with van der Waals surface area (Å²) in [6.07, 6.45) is 8.11. The maximum Gasteiger partial charge on any atom is 0.219 e. The van der Waals surface area contributed by atoms with Gasteiger partial charge in [0, 0.05) is 25.6 Å². The number of fused-ring (bicyclic) bond motifs is 2. The lowest BCUT2D eigenvalue weighted by molar-refractivity contribution is -0.130. The predicted octanol–water partition coefficient (Wildman–Crippen LogP) is 3.77. The molecule has 3 heteroatoms. The lowest BCUT2D eigenvalue weighted by Gasteiger charge is -2.40. The lowest BCUT2D eigenvalue weighted by atomic mass is 9.73. The Kier molecular flexibility index (Phi) is 3.10. The number of hydrogen-bond donors (Lipinski definition) is 0. The fourth-order valence-electron chi connectivity index (χ4n) is 4.20. The highest BCUT2D eigenvalue weighted by Gasteiger charge is 2.41. The number of carbonyl (C=O) groups is 1. The monoisotopic (exact) mass is 295 g/mol. The smallest absolute Gasteiger partial charge is 0.219 e. The Labute approximate surface area is 130 Å². The van der Waals surface area contributed by atoms with Crippen molar-refractivity contribution in [3.8, 4) is 11.1 Å². The Hall–Kier alpha value is -2.03. The number of hydrogen-bond acceptors (Lipinski definition) is 2. The molecule has 2 aromatic rings. The third-order valence-corrected chi connectivity index (χ3v) is 5.57. The summed E-state index contributed by atoms with van der Waals surface area (Å²) in [5, 5.41) is 0. The second kappa shape index (κ2) is 5.01. The van der Waals surface area contributed by atoms with Crippen LogP contribution in [0.15, 0.2) is 41.2 Å². The average Bonchev–Trinajstić information content (AvgIpc) is 3.17. The largest absolute Gasteiger partial charge is 0.472 e. The second-order valence-electron chi connectivity index (χ2n) is 6.67. The standard InChI is InChI=1S/C19H21NO2/c1-14(21)20-9-7-19(8-10-20)6-4-16-12-15(2-3-18(16)19)17-5-11-22-13-17/h2-3,5,11-13H,4,6-10H2,1H3. The summed E-state index contributed by atoms with van der Waals surface area (Å²) in [7, 11) is 0. The average molecular weight is 295 g/mol. The normalized spacial score (nSPS) is 19.4. The van der Waals surface area contributed by atoms with Crippen molar-refractivity contribution in [3.05, 3.63) is 47.9 Å². The SMILES string of the molecule is CC(=O)N1CCC2(CCc3cc(-c4ccoc4)ccc32)CC1. The maximum absolute atomic E-state index is 11.5. The van der Waals surface area contributed by atoms with E-state index < -0.39 is 0 Å². The number of amides is 1. The molecule has 1 aliphatic carbocycles. The van der Waals surface area contributed by atoms with Crippen LogP contribution in [0.25, 0.3) is 11.1 Å². The van der Waals surface area contributed by atoms with E-state index in [0.29, 0.717) is 5.41 Å². The first kappa shape index (κ1) is 13.6. The molecule has 1 aromatic carbocycles. The van der Waals surface area contributed by atoms with E-state index in [9.17, 15) is 4.79 Å². The lowest BCUT2D eigenvalue weighted by Crippen LogP contribution is -2.43. The van der Waals surface area contributed by atoms with Crippen LogP contribution < -0.4 is 0 Å². The van der Waals surface area contributed by atoms with Crippen molar-refractivity contribution in [2.24, 2.45) is 0 Å². The van der Waals surface area contributed by atoms with E-state index in [-0.39, 0.29) is 5.91 Å². The van der Waals surface area contributed by atoms with Crippen molar-refractivity contribution >= 4 is 5.91 Å². The first-order valence-electron chi connectivity index (χ1n) is 8.09. The first-order chi connectivity index (χ1) is 10.7. The van der Waals surface area contributed by atoms with Crippen LogP contribution in [-0.4, -0.2) is 23.9 Å². The summed E-state index contributed by atoms with van der Waals surface area (Å²) in [5.41, 5.74) is 5.69. The van der Waals surface area contributed by atoms with E-state index in [4.69, 9.17) is 4.42 Å². The van der Waals surface area contributed by atoms with Gasteiger partial charge in [-0.1, -0.05) is 18.2 Å². The molecule has 22 heavy (non-hydrogen) atoms. The third kappa shape index (κ3) is 2.07. The molecule has 114 valence electrons. The molecule has 1 aliphatic heterocycles. The predicted molar refractivity (Wildman–Crippen MR) is 85.6 cm³/mol. The second-order valence-corrected chi connectivity index (χ2v) is 6.67. The molecule has 4 rings (SSSR count). The number of benzene rings is 1. The number of aryl methyl sites for hydroxylation is 1. The zero-order valence-electron chi connectivity index (χ0n) is 13.0. The minimum atomic E-state index is 0.211. The molecule has 3 nitrogen and oxygen atoms in total. The van der Waals surface area contributed by atoms with Crippen LogP contribution in [0, 0.1) is 0 Å². The van der Waals surface area contributed by atoms with Crippen LogP contribution in [0.3, 0.4) is 0 Å². The number of rotatable bonds is 1. The zero-order chi connectivity index (χ0) is 15.2. The maximum atomic E-state index is 11.5. The minimum Gasteiger partial charge on any atom is -0.472 e. The third-order valence-electron chi connectivity index (χ3n) is 5.57. The number of furan rings is 1. The van der Waals surface area contributed by atoms with Crippen LogP contribution in [0.5, 0.6) is 0 Å². The zero-order valence-corrected chi connectivity index (χ0v) is 13.0. The van der Waals surface area contributed by atoms with E-state index in [1.165, 1.54) is 23.1 Å². The van der Waals surface area contributed by atoms with E-state index in [1.54, 1.807) is 19.5 Å². The van der Waals surface area contributed by atoms with Gasteiger partial charge < -0.3 is 9.32 Å². The van der Waals surface area contributed by atoms with Crippen molar-refractivity contribution in [1.29, 1.82) is 0 Å². The Bertz CT molecular complexity index is 694. The highest BCUT2D eigenvalue weighted by Crippen LogP contribution is 2.47. The molecular formula is C19H21NO2. The van der Waals surface area contributed by atoms with Gasteiger partial charge in [0.1, 0.15) is 0 Å². The van der Waals surface area contributed by atoms with Gasteiger partial charge in [-0.15, -0.1) is 0 Å². The van der Waals surface area contributed by atoms with Crippen molar-refractivity contribution in [3.63, 3.8) is 0 Å². The van der Waals surface area contributed by atoms with Gasteiger partial charge in [0.2, 0.25) is 5.91 Å². The summed E-state index contributed by atoms with van der Waals surface area (Å²) in [6, 6.07) is 8.87. The minimum absolute atomic E-state index is 0.211. The van der Waals surface area contributed by atoms with E-state index in [1.807, 2.05) is 11.0 Å². The van der Waals surface area contributed by atoms with Gasteiger partial charge >= 0.3 is 0 Å². The van der Waals surface area contributed by atoms with Gasteiger partial charge in [-0.05, 0) is 53.9 Å². The fourth-order valence-corrected chi connectivity index (χ4v) is 4.20. The van der Waals surface area contributed by atoms with Gasteiger partial charge in [-0.3, -0.25) is 4.79 Å². The number of carbonyl (C=O) groups excluding carboxylic acids is 1. The highest BCUT2D eigenvalue weighted by atomic mass is 16.3. The van der Waals surface area contributed by atoms with Crippen molar-refractivity contribution in [2.75, 3.05) is 13.1 Å². The summed E-state index contributed by atoms with van der Waals surface area (Å²) >= 11 is 0. The summed E-state index contributed by atoms with van der Waals surface area (Å²) in [6.45, 7) is 3.48. The molecule has 0 bridgehead atoms. The van der Waals surface area contributed by atoms with Gasteiger partial charge in [0.25, 0.3) is 0 Å². The number of likely N-dealkylation sites (tertiary alicyclic amines) is 1. The Balaban J connectivity index is 1.62. The summed E-state index contributed by atoms with van der Waals surface area (Å²) < 4.78 is 5.19. The molecule has 1 aromatic heterocycles. The Morgan fingerprint density at radius 1 is 1.14 bits per heavy atom. The molecule has 0 unspecified atom stereocenters. The van der Waals surface area contributed by atoms with E-state index in [0.717, 1.165) is 37.9 Å². The topological polar surface area (TPSA) is 33.5 Å². The molecule has 0 N–H and O–H groups in total. The molecule has 2 aliphatic rings. The van der Waals surface area contributed by atoms with Gasteiger partial charge in [-0.25, -0.2) is 0 Å². The molecule has 0 atom stereocenters. The van der Waals surface area contributed by atoms with Crippen molar-refractivity contribution in [1.82, 2.24) is 4.90 Å². The summed E-state index contributed by atoms with van der Waals surface area (Å²) in [5.74, 6) is 0.211. The molecular weight excluding hydrogens is 274 g/mol. The van der Waals surface area contributed by atoms with Crippen LogP contribution in [0.2, 0.25) is 0 Å². The molecule has 1 amide bonds. The van der Waals surface area contributed by atoms with Gasteiger partial charge in [0.15, 0.2) is 0 Å². The molecule has 1 fully saturated rings. The molecule has 1 spiro atoms. The van der Waals surface area contributed by atoms with E-state index >= 15 is 0 Å². The van der Waals surface area contributed by atoms with Gasteiger partial charge in [0.05, 0.1) is 12.5 Å². The quantitative estimate of drug-likeness (QED) is 0.802. The highest BCUT2D eigenvalue weighted by molar-refractivity contribution is 5.73. The Morgan fingerprint density at radius 2 is 1.95 bits per heavy atom. The van der Waals surface area contributed by atoms with Crippen LogP contribution in [-0.2, 0) is 16.6 Å². The Morgan fingerprint density at radius 3 is 2.64 bits per heavy atom. The van der Waals surface area contributed by atoms with Crippen molar-refractivity contribution in [2.45, 2.75) is 38.0 Å². The molecule has 2 heterocycles.